The minimum absolute atomic E-state index is 0.181. The average molecular weight is 745 g/mol. The van der Waals surface area contributed by atoms with Gasteiger partial charge in [0, 0.05) is 0 Å². The monoisotopic (exact) mass is 744 g/mol. The second-order valence-corrected chi connectivity index (χ2v) is 16.4. The van der Waals surface area contributed by atoms with Crippen molar-refractivity contribution in [1.82, 2.24) is 0 Å². The number of ketones is 1. The van der Waals surface area contributed by atoms with E-state index in [1.165, 1.54) is 11.1 Å². The summed E-state index contributed by atoms with van der Waals surface area (Å²) in [5.41, 5.74) is 7.94. The number of aliphatic hydroxyl groups is 5. The molecule has 0 saturated carbocycles. The molecule has 0 aromatic rings. The van der Waals surface area contributed by atoms with E-state index in [0.29, 0.717) is 24.8 Å². The van der Waals surface area contributed by atoms with Crippen molar-refractivity contribution in [2.75, 3.05) is 6.61 Å². The number of allylic oxidation sites excluding steroid dienone is 20. The van der Waals surface area contributed by atoms with Crippen LogP contribution in [0.3, 0.4) is 0 Å². The zero-order chi connectivity index (χ0) is 40.4. The van der Waals surface area contributed by atoms with Crippen LogP contribution in [0.15, 0.2) is 130 Å². The van der Waals surface area contributed by atoms with Crippen molar-refractivity contribution in [2.24, 2.45) is 10.8 Å². The Morgan fingerprint density at radius 1 is 0.704 bits per heavy atom. The summed E-state index contributed by atoms with van der Waals surface area (Å²) in [6, 6.07) is 0. The van der Waals surface area contributed by atoms with Crippen LogP contribution in [0.25, 0.3) is 0 Å². The summed E-state index contributed by atoms with van der Waals surface area (Å²) >= 11 is 0. The largest absolute Gasteiger partial charge is 0.394 e. The number of hydrogen-bond donors (Lipinski definition) is 5. The van der Waals surface area contributed by atoms with Crippen molar-refractivity contribution in [2.45, 2.75) is 131 Å². The first kappa shape index (κ1) is 44.9. The minimum Gasteiger partial charge on any atom is -0.394 e. The van der Waals surface area contributed by atoms with Gasteiger partial charge in [-0.2, -0.15) is 0 Å². The lowest BCUT2D eigenvalue weighted by Gasteiger charge is -2.43. The molecule has 2 aliphatic carbocycles. The van der Waals surface area contributed by atoms with Crippen molar-refractivity contribution in [3.05, 3.63) is 130 Å². The molecule has 1 aliphatic heterocycles. The maximum Gasteiger partial charge on any atom is 0.187 e. The molecule has 5 N–H and O–H groups in total. The number of carbonyl (C=O) groups excluding carboxylic acids is 1. The van der Waals surface area contributed by atoms with Crippen LogP contribution in [-0.4, -0.2) is 80.8 Å². The van der Waals surface area contributed by atoms with E-state index >= 15 is 0 Å². The van der Waals surface area contributed by atoms with Gasteiger partial charge in [-0.15, -0.1) is 0 Å². The fraction of sp³-hybridized carbons (Fsp3) is 0.500. The molecule has 2 unspecified atom stereocenters. The Morgan fingerprint density at radius 2 is 1.19 bits per heavy atom. The third kappa shape index (κ3) is 12.5. The molecule has 3 rings (SSSR count). The molecular weight excluding hydrogens is 680 g/mol. The van der Waals surface area contributed by atoms with Gasteiger partial charge >= 0.3 is 0 Å². The van der Waals surface area contributed by atoms with E-state index in [4.69, 9.17) is 9.47 Å². The van der Waals surface area contributed by atoms with Crippen LogP contribution in [0.2, 0.25) is 0 Å². The fourth-order valence-electron chi connectivity index (χ4n) is 7.31. The Morgan fingerprint density at radius 3 is 1.70 bits per heavy atom. The molecule has 7 atom stereocenters. The van der Waals surface area contributed by atoms with Crippen molar-refractivity contribution < 1.29 is 39.8 Å². The predicted octanol–water partition coefficient (Wildman–Crippen LogP) is 7.55. The smallest absolute Gasteiger partial charge is 0.187 e. The Balaban J connectivity index is 1.53. The first-order valence-electron chi connectivity index (χ1n) is 18.9. The summed E-state index contributed by atoms with van der Waals surface area (Å²) in [6.07, 6.45) is 22.9. The highest BCUT2D eigenvalue weighted by atomic mass is 16.7. The number of Topliss-reactive ketones (excluding diaryl/α,β-unsaturated/α-hetero) is 1. The summed E-state index contributed by atoms with van der Waals surface area (Å²) < 4.78 is 11.7. The van der Waals surface area contributed by atoms with E-state index in [2.05, 4.69) is 97.9 Å². The van der Waals surface area contributed by atoms with Crippen molar-refractivity contribution >= 4 is 5.78 Å². The molecule has 3 aliphatic rings. The molecule has 0 radical (unpaired) electrons. The van der Waals surface area contributed by atoms with Gasteiger partial charge in [0.25, 0.3) is 0 Å². The highest BCUT2D eigenvalue weighted by molar-refractivity contribution is 6.00. The van der Waals surface area contributed by atoms with Crippen molar-refractivity contribution in [3.63, 3.8) is 0 Å². The van der Waals surface area contributed by atoms with Gasteiger partial charge in [-0.25, -0.2) is 0 Å². The van der Waals surface area contributed by atoms with E-state index in [1.54, 1.807) is 6.92 Å². The zero-order valence-corrected chi connectivity index (χ0v) is 33.9. The van der Waals surface area contributed by atoms with Gasteiger partial charge in [-0.1, -0.05) is 141 Å². The van der Waals surface area contributed by atoms with Gasteiger partial charge in [0.05, 0.1) is 12.7 Å². The zero-order valence-electron chi connectivity index (χ0n) is 33.9. The van der Waals surface area contributed by atoms with E-state index < -0.39 is 43.4 Å². The normalized spacial score (nSPS) is 30.8. The standard InChI is InChI=1S/C46H64O8/c1-29(15-11-12-16-30(2)18-14-20-32(4)22-24-37-34(6)40(49)38(48)27-46(37,9)10)17-13-19-31(3)21-23-36-33(5)25-35(26-45(36,7)8)53-44-43(52)42(51)41(50)39(28-47)54-44/h11-24,35,38-39,41-44,47-48,50-52H,25-28H2,1-10H3/b12-11+,17-13+,18-14+,23-21+,24-22+,29-15+,30-16+,31-19+,32-20+/t35?,38-,39+,41-,42?,43+,44+/m0/s1. The van der Waals surface area contributed by atoms with Gasteiger partial charge in [0.15, 0.2) is 12.1 Å². The van der Waals surface area contributed by atoms with Crippen LogP contribution in [-0.2, 0) is 14.3 Å². The Bertz CT molecular complexity index is 1680. The second-order valence-electron chi connectivity index (χ2n) is 16.4. The molecule has 296 valence electrons. The van der Waals surface area contributed by atoms with Crippen molar-refractivity contribution in [3.8, 4) is 0 Å². The number of ether oxygens (including phenoxy) is 2. The molecule has 0 amide bonds. The van der Waals surface area contributed by atoms with E-state index in [1.807, 2.05) is 49.5 Å². The maximum atomic E-state index is 12.3. The maximum absolute atomic E-state index is 12.3. The third-order valence-corrected chi connectivity index (χ3v) is 10.4. The molecule has 0 spiro atoms. The van der Waals surface area contributed by atoms with Crippen LogP contribution in [0, 0.1) is 10.8 Å². The van der Waals surface area contributed by atoms with Crippen LogP contribution in [0.5, 0.6) is 0 Å². The molecule has 8 heteroatoms. The molecule has 0 bridgehead atoms. The van der Waals surface area contributed by atoms with Gasteiger partial charge in [0.2, 0.25) is 0 Å². The summed E-state index contributed by atoms with van der Waals surface area (Å²) in [5.74, 6) is -0.181. The molecule has 1 heterocycles. The Labute approximate surface area is 323 Å². The first-order valence-corrected chi connectivity index (χ1v) is 18.9. The predicted molar refractivity (Wildman–Crippen MR) is 217 cm³/mol. The van der Waals surface area contributed by atoms with Gasteiger partial charge < -0.3 is 35.0 Å². The number of carbonyl (C=O) groups is 1. The molecule has 0 aromatic carbocycles. The highest BCUT2D eigenvalue weighted by Gasteiger charge is 2.46. The van der Waals surface area contributed by atoms with Crippen LogP contribution >= 0.6 is 0 Å². The van der Waals surface area contributed by atoms with Gasteiger partial charge in [-0.05, 0) is 88.4 Å². The quantitative estimate of drug-likeness (QED) is 0.122. The number of aliphatic hydroxyl groups excluding tert-OH is 5. The van der Waals surface area contributed by atoms with Gasteiger partial charge in [-0.3, -0.25) is 4.79 Å². The molecular formula is C46H64O8. The van der Waals surface area contributed by atoms with Crippen LogP contribution in [0.4, 0.5) is 0 Å². The van der Waals surface area contributed by atoms with Crippen LogP contribution < -0.4 is 0 Å². The molecule has 1 saturated heterocycles. The molecule has 1 fully saturated rings. The summed E-state index contributed by atoms with van der Waals surface area (Å²) in [4.78, 5) is 12.3. The van der Waals surface area contributed by atoms with E-state index in [9.17, 15) is 30.3 Å². The number of rotatable bonds is 13. The second kappa shape index (κ2) is 19.9. The van der Waals surface area contributed by atoms with Gasteiger partial charge in [0.1, 0.15) is 30.5 Å². The lowest BCUT2D eigenvalue weighted by molar-refractivity contribution is -0.313. The molecule has 0 aromatic heterocycles. The summed E-state index contributed by atoms with van der Waals surface area (Å²) in [5, 5.41) is 50.2. The van der Waals surface area contributed by atoms with E-state index in [0.717, 1.165) is 27.9 Å². The lowest BCUT2D eigenvalue weighted by Crippen LogP contribution is -2.59. The highest BCUT2D eigenvalue weighted by Crippen LogP contribution is 2.43. The fourth-order valence-corrected chi connectivity index (χ4v) is 7.31. The Kier molecular flexibility index (Phi) is 16.6. The van der Waals surface area contributed by atoms with Crippen LogP contribution in [0.1, 0.15) is 88.5 Å². The SMILES string of the molecule is CC1=C(/C=C/C(C)=C/C=C/C(C)=C/C=C/C=C(C)/C=C/C=C(C)/C=C/C2=C(C)C(=O)[C@@H](O)CC2(C)C)C(C)(C)CC(O[C@@H]2O[C@H](CO)[C@H](O)C(O)[C@H]2O)C1. The average Bonchev–Trinajstić information content (AvgIpc) is 3.08. The van der Waals surface area contributed by atoms with Crippen molar-refractivity contribution in [1.29, 1.82) is 0 Å². The molecule has 8 nitrogen and oxygen atoms in total. The third-order valence-electron chi connectivity index (χ3n) is 10.4. The Hall–Kier alpha value is -3.47. The number of hydrogen-bond acceptors (Lipinski definition) is 8. The summed E-state index contributed by atoms with van der Waals surface area (Å²) in [6.45, 7) is 20.0. The lowest BCUT2D eigenvalue weighted by atomic mass is 9.71. The minimum atomic E-state index is -1.46. The van der Waals surface area contributed by atoms with E-state index in [-0.39, 0.29) is 22.7 Å². The first-order chi connectivity index (χ1) is 25.3. The molecule has 54 heavy (non-hydrogen) atoms. The summed E-state index contributed by atoms with van der Waals surface area (Å²) in [7, 11) is 0. The topological polar surface area (TPSA) is 137 Å².